The molecule has 0 amide bonds. The minimum absolute atomic E-state index is 0.0312. The lowest BCUT2D eigenvalue weighted by molar-refractivity contribution is 0.0472. The maximum Gasteiger partial charge on any atom is 0.126 e. The van der Waals surface area contributed by atoms with Crippen LogP contribution in [-0.2, 0) is 4.74 Å². The summed E-state index contributed by atoms with van der Waals surface area (Å²) in [5.41, 5.74) is 1.63. The van der Waals surface area contributed by atoms with Gasteiger partial charge in [0.25, 0.3) is 0 Å². The van der Waals surface area contributed by atoms with E-state index >= 15 is 0 Å². The van der Waals surface area contributed by atoms with Gasteiger partial charge < -0.3 is 10.1 Å². The third-order valence-electron chi connectivity index (χ3n) is 3.07. The van der Waals surface area contributed by atoms with Gasteiger partial charge in [-0.3, -0.25) is 0 Å². The van der Waals surface area contributed by atoms with Crippen LogP contribution in [0, 0.1) is 12.7 Å². The molecule has 0 heterocycles. The maximum absolute atomic E-state index is 13.6. The molecular weight excluding hydrogens is 229 g/mol. The van der Waals surface area contributed by atoms with E-state index in [0.29, 0.717) is 12.2 Å². The first-order chi connectivity index (χ1) is 8.60. The second-order valence-corrected chi connectivity index (χ2v) is 4.60. The van der Waals surface area contributed by atoms with E-state index in [9.17, 15) is 4.39 Å². The summed E-state index contributed by atoms with van der Waals surface area (Å²) in [5.74, 6) is -0.153. The van der Waals surface area contributed by atoms with Crippen molar-refractivity contribution in [1.29, 1.82) is 0 Å². The van der Waals surface area contributed by atoms with Crippen molar-refractivity contribution < 1.29 is 9.13 Å². The van der Waals surface area contributed by atoms with Crippen molar-refractivity contribution in [1.82, 2.24) is 5.32 Å². The molecule has 0 bridgehead atoms. The number of ether oxygens (including phenoxy) is 1. The van der Waals surface area contributed by atoms with Crippen molar-refractivity contribution in [3.63, 3.8) is 0 Å². The average molecular weight is 253 g/mol. The number of benzene rings is 1. The number of halogens is 1. The second-order valence-electron chi connectivity index (χ2n) is 4.60. The molecule has 2 unspecified atom stereocenters. The van der Waals surface area contributed by atoms with Crippen LogP contribution in [-0.4, -0.2) is 19.3 Å². The summed E-state index contributed by atoms with van der Waals surface area (Å²) < 4.78 is 19.3. The first-order valence-corrected chi connectivity index (χ1v) is 6.71. The van der Waals surface area contributed by atoms with Gasteiger partial charge in [-0.25, -0.2) is 4.39 Å². The van der Waals surface area contributed by atoms with Crippen LogP contribution >= 0.6 is 0 Å². The molecule has 1 aromatic carbocycles. The van der Waals surface area contributed by atoms with Crippen molar-refractivity contribution in [3.05, 3.63) is 35.1 Å². The van der Waals surface area contributed by atoms with Gasteiger partial charge in [-0.2, -0.15) is 0 Å². The third-order valence-corrected chi connectivity index (χ3v) is 3.07. The molecule has 0 aromatic heterocycles. The lowest BCUT2D eigenvalue weighted by Gasteiger charge is -2.25. The standard InChI is InChI=1S/C15H24FNO/c1-5-9-17-15(12(4)18-6-2)13-8-7-11(3)14(16)10-13/h7-8,10,12,15,17H,5-6,9H2,1-4H3. The van der Waals surface area contributed by atoms with E-state index < -0.39 is 0 Å². The molecule has 0 aliphatic rings. The molecule has 102 valence electrons. The Morgan fingerprint density at radius 1 is 1.33 bits per heavy atom. The monoisotopic (exact) mass is 253 g/mol. The summed E-state index contributed by atoms with van der Waals surface area (Å²) in [6.07, 6.45) is 1.08. The highest BCUT2D eigenvalue weighted by molar-refractivity contribution is 5.26. The van der Waals surface area contributed by atoms with E-state index in [-0.39, 0.29) is 18.0 Å². The Morgan fingerprint density at radius 2 is 2.06 bits per heavy atom. The van der Waals surface area contributed by atoms with Gasteiger partial charge in [0, 0.05) is 6.61 Å². The molecule has 0 saturated heterocycles. The molecule has 0 saturated carbocycles. The molecule has 18 heavy (non-hydrogen) atoms. The number of hydrogen-bond acceptors (Lipinski definition) is 2. The molecule has 1 rings (SSSR count). The van der Waals surface area contributed by atoms with Crippen molar-refractivity contribution in [2.45, 2.75) is 46.3 Å². The second kappa shape index (κ2) is 7.49. The number of aryl methyl sites for hydroxylation is 1. The van der Waals surface area contributed by atoms with Gasteiger partial charge in [0.15, 0.2) is 0 Å². The normalized spacial score (nSPS) is 14.5. The summed E-state index contributed by atoms with van der Waals surface area (Å²) in [4.78, 5) is 0. The van der Waals surface area contributed by atoms with E-state index in [1.54, 1.807) is 13.0 Å². The van der Waals surface area contributed by atoms with Crippen LogP contribution in [0.5, 0.6) is 0 Å². The highest BCUT2D eigenvalue weighted by Crippen LogP contribution is 2.21. The zero-order valence-electron chi connectivity index (χ0n) is 11.8. The van der Waals surface area contributed by atoms with Gasteiger partial charge in [-0.1, -0.05) is 19.1 Å². The fourth-order valence-electron chi connectivity index (χ4n) is 2.02. The van der Waals surface area contributed by atoms with Crippen molar-refractivity contribution >= 4 is 0 Å². The summed E-state index contributed by atoms with van der Waals surface area (Å²) >= 11 is 0. The van der Waals surface area contributed by atoms with Crippen molar-refractivity contribution in [2.75, 3.05) is 13.2 Å². The van der Waals surface area contributed by atoms with Crippen molar-refractivity contribution in [3.8, 4) is 0 Å². The summed E-state index contributed by atoms with van der Waals surface area (Å²) in [5, 5.41) is 3.43. The predicted molar refractivity (Wildman–Crippen MR) is 73.3 cm³/mol. The highest BCUT2D eigenvalue weighted by Gasteiger charge is 2.19. The van der Waals surface area contributed by atoms with Gasteiger partial charge in [0.2, 0.25) is 0 Å². The zero-order chi connectivity index (χ0) is 13.5. The number of hydrogen-bond donors (Lipinski definition) is 1. The fourth-order valence-corrected chi connectivity index (χ4v) is 2.02. The zero-order valence-corrected chi connectivity index (χ0v) is 11.8. The molecule has 1 aromatic rings. The van der Waals surface area contributed by atoms with Crippen LogP contribution in [0.25, 0.3) is 0 Å². The minimum Gasteiger partial charge on any atom is -0.377 e. The molecule has 0 aliphatic carbocycles. The average Bonchev–Trinajstić information content (AvgIpc) is 2.34. The van der Waals surface area contributed by atoms with E-state index in [0.717, 1.165) is 18.5 Å². The third kappa shape index (κ3) is 4.07. The summed E-state index contributed by atoms with van der Waals surface area (Å²) in [6, 6.07) is 5.45. The van der Waals surface area contributed by atoms with E-state index in [1.165, 1.54) is 0 Å². The summed E-state index contributed by atoms with van der Waals surface area (Å²) in [7, 11) is 0. The Balaban J connectivity index is 2.89. The molecule has 0 fully saturated rings. The van der Waals surface area contributed by atoms with Gasteiger partial charge in [-0.05, 0) is 50.9 Å². The molecule has 0 spiro atoms. The van der Waals surface area contributed by atoms with Crippen LogP contribution in [0.2, 0.25) is 0 Å². The molecule has 2 atom stereocenters. The van der Waals surface area contributed by atoms with Gasteiger partial charge in [0.05, 0.1) is 12.1 Å². The predicted octanol–water partition coefficient (Wildman–Crippen LogP) is 3.60. The van der Waals surface area contributed by atoms with E-state index in [1.807, 2.05) is 26.0 Å². The van der Waals surface area contributed by atoms with Crippen LogP contribution in [0.4, 0.5) is 4.39 Å². The van der Waals surface area contributed by atoms with Crippen LogP contribution < -0.4 is 5.32 Å². The fraction of sp³-hybridized carbons (Fsp3) is 0.600. The quantitative estimate of drug-likeness (QED) is 0.801. The molecule has 1 N–H and O–H groups in total. The lowest BCUT2D eigenvalue weighted by atomic mass is 10.0. The first-order valence-electron chi connectivity index (χ1n) is 6.71. The largest absolute Gasteiger partial charge is 0.377 e. The van der Waals surface area contributed by atoms with Gasteiger partial charge in [-0.15, -0.1) is 0 Å². The Kier molecular flexibility index (Phi) is 6.30. The lowest BCUT2D eigenvalue weighted by Crippen LogP contribution is -2.32. The Morgan fingerprint density at radius 3 is 2.61 bits per heavy atom. The molecule has 0 aliphatic heterocycles. The summed E-state index contributed by atoms with van der Waals surface area (Å²) in [6.45, 7) is 9.46. The smallest absolute Gasteiger partial charge is 0.126 e. The Bertz CT molecular complexity index is 368. The van der Waals surface area contributed by atoms with Crippen LogP contribution in [0.3, 0.4) is 0 Å². The van der Waals surface area contributed by atoms with Gasteiger partial charge >= 0.3 is 0 Å². The maximum atomic E-state index is 13.6. The Hall–Kier alpha value is -0.930. The molecule has 2 nitrogen and oxygen atoms in total. The van der Waals surface area contributed by atoms with Crippen LogP contribution in [0.15, 0.2) is 18.2 Å². The molecule has 3 heteroatoms. The topological polar surface area (TPSA) is 21.3 Å². The number of rotatable bonds is 7. The highest BCUT2D eigenvalue weighted by atomic mass is 19.1. The Labute approximate surface area is 110 Å². The molecular formula is C15H24FNO. The van der Waals surface area contributed by atoms with E-state index in [4.69, 9.17) is 4.74 Å². The van der Waals surface area contributed by atoms with Gasteiger partial charge in [0.1, 0.15) is 5.82 Å². The minimum atomic E-state index is -0.153. The first kappa shape index (κ1) is 15.1. The van der Waals surface area contributed by atoms with E-state index in [2.05, 4.69) is 12.2 Å². The van der Waals surface area contributed by atoms with Crippen LogP contribution in [0.1, 0.15) is 44.4 Å². The number of nitrogens with one attached hydrogen (secondary N) is 1. The SMILES string of the molecule is CCCNC(c1ccc(C)c(F)c1)C(C)OCC. The molecule has 0 radical (unpaired) electrons. The van der Waals surface area contributed by atoms with Crippen molar-refractivity contribution in [2.24, 2.45) is 0 Å².